The Morgan fingerprint density at radius 2 is 2.00 bits per heavy atom. The maximum atomic E-state index is 13.5. The van der Waals surface area contributed by atoms with Gasteiger partial charge in [-0.2, -0.15) is 0 Å². The van der Waals surface area contributed by atoms with Crippen LogP contribution >= 0.6 is 11.8 Å². The van der Waals surface area contributed by atoms with Crippen molar-refractivity contribution in [3.63, 3.8) is 0 Å². The minimum absolute atomic E-state index is 0.0449. The molecule has 2 bridgehead atoms. The summed E-state index contributed by atoms with van der Waals surface area (Å²) in [5.74, 6) is -1.03. The molecule has 0 saturated carbocycles. The fourth-order valence-corrected chi connectivity index (χ4v) is 7.41. The number of fused-ring (bicyclic) bond motifs is 1. The number of amides is 3. The number of hydrogen-bond donors (Lipinski definition) is 3. The largest absolute Gasteiger partial charge is 0.396 e. The zero-order valence-electron chi connectivity index (χ0n) is 18.0. The second-order valence-electron chi connectivity index (χ2n) is 9.55. The SMILES string of the molecule is CCCNC(=O)[C@@H]1[C@H]2C(=O)N(CCCCO)C(C(=O)NC(C)(C)C)C23CC[C@H]1S3. The van der Waals surface area contributed by atoms with E-state index in [1.165, 1.54) is 0 Å². The van der Waals surface area contributed by atoms with Crippen LogP contribution in [0.1, 0.15) is 59.8 Å². The number of hydrogen-bond acceptors (Lipinski definition) is 5. The predicted octanol–water partition coefficient (Wildman–Crippen LogP) is 1.29. The van der Waals surface area contributed by atoms with Crippen molar-refractivity contribution < 1.29 is 19.5 Å². The maximum absolute atomic E-state index is 13.5. The summed E-state index contributed by atoms with van der Waals surface area (Å²) in [6.07, 6.45) is 3.73. The molecule has 0 aromatic carbocycles. The first kappa shape index (κ1) is 22.4. The third-order valence-corrected chi connectivity index (χ3v) is 8.16. The zero-order chi connectivity index (χ0) is 21.4. The lowest BCUT2D eigenvalue weighted by Crippen LogP contribution is -2.57. The van der Waals surface area contributed by atoms with Crippen LogP contribution in [0.2, 0.25) is 0 Å². The van der Waals surface area contributed by atoms with Crippen molar-refractivity contribution in [2.24, 2.45) is 11.8 Å². The van der Waals surface area contributed by atoms with Crippen LogP contribution < -0.4 is 10.6 Å². The van der Waals surface area contributed by atoms with Crippen LogP contribution in [-0.4, -0.2) is 69.0 Å². The van der Waals surface area contributed by atoms with Crippen molar-refractivity contribution in [1.29, 1.82) is 0 Å². The highest BCUT2D eigenvalue weighted by Gasteiger charge is 2.73. The Morgan fingerprint density at radius 3 is 2.62 bits per heavy atom. The van der Waals surface area contributed by atoms with Gasteiger partial charge in [0.25, 0.3) is 0 Å². The molecule has 3 aliphatic heterocycles. The second-order valence-corrected chi connectivity index (χ2v) is 11.1. The molecule has 3 rings (SSSR count). The summed E-state index contributed by atoms with van der Waals surface area (Å²) in [7, 11) is 0. The molecule has 0 radical (unpaired) electrons. The Morgan fingerprint density at radius 1 is 1.28 bits per heavy atom. The van der Waals surface area contributed by atoms with E-state index in [2.05, 4.69) is 10.6 Å². The molecule has 3 fully saturated rings. The number of nitrogens with one attached hydrogen (secondary N) is 2. The van der Waals surface area contributed by atoms with Gasteiger partial charge in [0.2, 0.25) is 17.7 Å². The van der Waals surface area contributed by atoms with Gasteiger partial charge in [0.1, 0.15) is 6.04 Å². The average Bonchev–Trinajstić information content (AvgIpc) is 3.26. The Hall–Kier alpha value is -1.28. The van der Waals surface area contributed by atoms with E-state index in [-0.39, 0.29) is 35.5 Å². The van der Waals surface area contributed by atoms with E-state index in [1.54, 1.807) is 16.7 Å². The van der Waals surface area contributed by atoms with Crippen LogP contribution in [-0.2, 0) is 14.4 Å². The van der Waals surface area contributed by atoms with Crippen molar-refractivity contribution >= 4 is 29.5 Å². The van der Waals surface area contributed by atoms with Gasteiger partial charge in [0.05, 0.1) is 16.6 Å². The topological polar surface area (TPSA) is 98.7 Å². The Balaban J connectivity index is 1.92. The highest BCUT2D eigenvalue weighted by atomic mass is 32.2. The van der Waals surface area contributed by atoms with Gasteiger partial charge in [0.15, 0.2) is 0 Å². The molecular formula is C21H35N3O4S. The lowest BCUT2D eigenvalue weighted by atomic mass is 9.70. The van der Waals surface area contributed by atoms with Gasteiger partial charge >= 0.3 is 0 Å². The number of likely N-dealkylation sites (tertiary alicyclic amines) is 1. The number of unbranched alkanes of at least 4 members (excludes halogenated alkanes) is 1. The minimum Gasteiger partial charge on any atom is -0.396 e. The Kier molecular flexibility index (Phi) is 6.53. The molecule has 3 amide bonds. The first-order valence-electron chi connectivity index (χ1n) is 10.8. The van der Waals surface area contributed by atoms with Crippen LogP contribution in [0, 0.1) is 11.8 Å². The number of aliphatic hydroxyl groups excluding tert-OH is 1. The van der Waals surface area contributed by atoms with Crippen molar-refractivity contribution in [1.82, 2.24) is 15.5 Å². The number of carbonyl (C=O) groups is 3. The molecule has 5 atom stereocenters. The normalized spacial score (nSPS) is 33.1. The fourth-order valence-electron chi connectivity index (χ4n) is 5.19. The van der Waals surface area contributed by atoms with Crippen LogP contribution in [0.4, 0.5) is 0 Å². The molecule has 0 aliphatic carbocycles. The number of aliphatic hydroxyl groups is 1. The van der Waals surface area contributed by atoms with Gasteiger partial charge in [-0.25, -0.2) is 0 Å². The van der Waals surface area contributed by atoms with Crippen LogP contribution in [0.5, 0.6) is 0 Å². The van der Waals surface area contributed by atoms with E-state index in [9.17, 15) is 14.4 Å². The summed E-state index contributed by atoms with van der Waals surface area (Å²) < 4.78 is -0.523. The summed E-state index contributed by atoms with van der Waals surface area (Å²) in [5.41, 5.74) is -0.398. The molecular weight excluding hydrogens is 390 g/mol. The van der Waals surface area contributed by atoms with Crippen molar-refractivity contribution in [2.75, 3.05) is 19.7 Å². The summed E-state index contributed by atoms with van der Waals surface area (Å²) in [6, 6.07) is -0.558. The molecule has 0 aromatic heterocycles. The second kappa shape index (κ2) is 8.46. The lowest BCUT2D eigenvalue weighted by molar-refractivity contribution is -0.140. The molecule has 1 spiro atoms. The highest BCUT2D eigenvalue weighted by molar-refractivity contribution is 8.02. The molecule has 3 saturated heterocycles. The molecule has 3 heterocycles. The number of thioether (sulfide) groups is 1. The highest BCUT2D eigenvalue weighted by Crippen LogP contribution is 2.66. The summed E-state index contributed by atoms with van der Waals surface area (Å²) in [4.78, 5) is 41.5. The van der Waals surface area contributed by atoms with Crippen LogP contribution in [0.3, 0.4) is 0 Å². The number of rotatable bonds is 8. The van der Waals surface area contributed by atoms with Crippen molar-refractivity contribution in [3.05, 3.63) is 0 Å². The van der Waals surface area contributed by atoms with Gasteiger partial charge in [-0.15, -0.1) is 11.8 Å². The standard InChI is InChI=1S/C21H35N3O4S/c1-5-10-22-17(26)14-13-8-9-21(29-13)15(14)19(28)24(11-6-7-12-25)16(21)18(27)23-20(2,3)4/h13-16,25H,5-12H2,1-4H3,(H,22,26)(H,23,27)/t13-,14+,15+,16?,21?/m1/s1. The van der Waals surface area contributed by atoms with E-state index in [1.807, 2.05) is 27.7 Å². The van der Waals surface area contributed by atoms with Crippen LogP contribution in [0.15, 0.2) is 0 Å². The summed E-state index contributed by atoms with van der Waals surface area (Å²) in [6.45, 7) is 8.93. The molecule has 0 aromatic rings. The lowest BCUT2D eigenvalue weighted by Gasteiger charge is -2.36. The minimum atomic E-state index is -0.558. The maximum Gasteiger partial charge on any atom is 0.244 e. The third-order valence-electron chi connectivity index (χ3n) is 6.21. The molecule has 2 unspecified atom stereocenters. The summed E-state index contributed by atoms with van der Waals surface area (Å²) in [5, 5.41) is 15.3. The van der Waals surface area contributed by atoms with E-state index < -0.39 is 22.2 Å². The quantitative estimate of drug-likeness (QED) is 0.509. The van der Waals surface area contributed by atoms with Crippen molar-refractivity contribution in [3.8, 4) is 0 Å². The molecule has 29 heavy (non-hydrogen) atoms. The van der Waals surface area contributed by atoms with Crippen LogP contribution in [0.25, 0.3) is 0 Å². The first-order chi connectivity index (χ1) is 13.7. The van der Waals surface area contributed by atoms with Gasteiger partial charge < -0.3 is 20.6 Å². The van der Waals surface area contributed by atoms with E-state index in [0.29, 0.717) is 25.9 Å². The number of carbonyl (C=O) groups excluding carboxylic acids is 3. The van der Waals surface area contributed by atoms with E-state index in [4.69, 9.17) is 5.11 Å². The van der Waals surface area contributed by atoms with E-state index >= 15 is 0 Å². The van der Waals surface area contributed by atoms with Gasteiger partial charge in [-0.1, -0.05) is 6.92 Å². The van der Waals surface area contributed by atoms with Crippen molar-refractivity contribution in [2.45, 2.75) is 81.4 Å². The van der Waals surface area contributed by atoms with E-state index in [0.717, 1.165) is 19.3 Å². The molecule has 164 valence electrons. The Labute approximate surface area is 177 Å². The number of nitrogens with zero attached hydrogens (tertiary/aromatic N) is 1. The average molecular weight is 426 g/mol. The first-order valence-corrected chi connectivity index (χ1v) is 11.7. The zero-order valence-corrected chi connectivity index (χ0v) is 18.8. The van der Waals surface area contributed by atoms with Gasteiger partial charge in [0, 0.05) is 30.5 Å². The summed E-state index contributed by atoms with van der Waals surface area (Å²) >= 11 is 1.70. The molecule has 3 N–H and O–H groups in total. The van der Waals surface area contributed by atoms with Gasteiger partial charge in [-0.3, -0.25) is 14.4 Å². The predicted molar refractivity (Wildman–Crippen MR) is 113 cm³/mol. The third kappa shape index (κ3) is 4.02. The molecule has 3 aliphatic rings. The monoisotopic (exact) mass is 425 g/mol. The molecule has 8 heteroatoms. The molecule has 7 nitrogen and oxygen atoms in total. The smallest absolute Gasteiger partial charge is 0.244 e. The van der Waals surface area contributed by atoms with Gasteiger partial charge in [-0.05, 0) is 52.9 Å². The fraction of sp³-hybridized carbons (Fsp3) is 0.857. The Bertz CT molecular complexity index is 665.